The minimum absolute atomic E-state index is 0.187. The molecule has 5 rings (SSSR count). The molecule has 2 N–H and O–H groups in total. The number of hydrogen-bond donors (Lipinski definition) is 2. The van der Waals surface area contributed by atoms with E-state index < -0.39 is 0 Å². The molecule has 2 aromatic heterocycles. The normalized spacial score (nSPS) is 15.5. The zero-order chi connectivity index (χ0) is 21.4. The van der Waals surface area contributed by atoms with Crippen LogP contribution in [0.4, 0.5) is 16.0 Å². The van der Waals surface area contributed by atoms with Gasteiger partial charge in [0, 0.05) is 11.9 Å². The molecule has 9 heteroatoms. The Balaban J connectivity index is 1.53. The monoisotopic (exact) mass is 418 g/mol. The first-order chi connectivity index (χ1) is 15.1. The molecule has 1 aliphatic rings. The van der Waals surface area contributed by atoms with Crippen LogP contribution in [0.1, 0.15) is 23.0 Å². The van der Waals surface area contributed by atoms with E-state index in [1.165, 1.54) is 12.1 Å². The zero-order valence-corrected chi connectivity index (χ0v) is 16.7. The van der Waals surface area contributed by atoms with Crippen LogP contribution in [0.25, 0.3) is 11.1 Å². The first-order valence-electron chi connectivity index (χ1n) is 9.79. The first-order valence-corrected chi connectivity index (χ1v) is 9.79. The van der Waals surface area contributed by atoms with Gasteiger partial charge in [0.1, 0.15) is 12.4 Å². The van der Waals surface area contributed by atoms with Crippen molar-refractivity contribution in [2.45, 2.75) is 19.6 Å². The summed E-state index contributed by atoms with van der Waals surface area (Å²) in [5.41, 5.74) is 3.71. The topological polar surface area (TPSA) is 97.7 Å². The van der Waals surface area contributed by atoms with Crippen molar-refractivity contribution in [1.29, 1.82) is 0 Å². The molecule has 0 aliphatic carbocycles. The number of aromatic nitrogens is 5. The summed E-state index contributed by atoms with van der Waals surface area (Å²) in [5, 5.41) is 18.1. The van der Waals surface area contributed by atoms with E-state index in [2.05, 4.69) is 25.7 Å². The van der Waals surface area contributed by atoms with E-state index in [-0.39, 0.29) is 17.4 Å². The fraction of sp³-hybridized carbons (Fsp3) is 0.182. The highest BCUT2D eigenvalue weighted by atomic mass is 19.1. The van der Waals surface area contributed by atoms with Crippen molar-refractivity contribution in [1.82, 2.24) is 25.0 Å². The predicted molar refractivity (Wildman–Crippen MR) is 113 cm³/mol. The molecule has 0 saturated heterocycles. The van der Waals surface area contributed by atoms with Crippen LogP contribution in [-0.2, 0) is 11.3 Å². The van der Waals surface area contributed by atoms with Crippen molar-refractivity contribution in [3.63, 3.8) is 0 Å². The maximum atomic E-state index is 13.4. The molecule has 0 amide bonds. The molecule has 0 spiro atoms. The van der Waals surface area contributed by atoms with Crippen molar-refractivity contribution < 1.29 is 9.13 Å². The summed E-state index contributed by atoms with van der Waals surface area (Å²) in [6.07, 6.45) is 1.55. The average molecular weight is 418 g/mol. The number of benzene rings is 2. The van der Waals surface area contributed by atoms with Gasteiger partial charge in [-0.3, -0.25) is 9.36 Å². The molecule has 0 fully saturated rings. The van der Waals surface area contributed by atoms with Gasteiger partial charge in [0.05, 0.1) is 18.2 Å². The SMILES string of the molecule is Cc1ccc(-c2ccn[nH]c2=O)cc1Nc1nnc2n1[C@H](c1ccc(F)cc1)COC2. The number of fused-ring (bicyclic) bond motifs is 1. The number of anilines is 2. The second-order valence-electron chi connectivity index (χ2n) is 7.35. The molecule has 0 unspecified atom stereocenters. The number of H-pyrrole nitrogens is 1. The highest BCUT2D eigenvalue weighted by Gasteiger charge is 2.27. The van der Waals surface area contributed by atoms with Crippen LogP contribution in [0.2, 0.25) is 0 Å². The molecule has 1 aliphatic heterocycles. The van der Waals surface area contributed by atoms with Gasteiger partial charge in [-0.05, 0) is 47.9 Å². The van der Waals surface area contributed by atoms with Gasteiger partial charge in [0.25, 0.3) is 5.56 Å². The Morgan fingerprint density at radius 3 is 2.81 bits per heavy atom. The summed E-state index contributed by atoms with van der Waals surface area (Å²) in [7, 11) is 0. The summed E-state index contributed by atoms with van der Waals surface area (Å²) in [6, 6.07) is 13.6. The average Bonchev–Trinajstić information content (AvgIpc) is 3.19. The quantitative estimate of drug-likeness (QED) is 0.528. The van der Waals surface area contributed by atoms with E-state index in [0.29, 0.717) is 30.5 Å². The van der Waals surface area contributed by atoms with Crippen LogP contribution in [0.5, 0.6) is 0 Å². The molecule has 2 aromatic carbocycles. The summed E-state index contributed by atoms with van der Waals surface area (Å²) in [4.78, 5) is 12.1. The van der Waals surface area contributed by atoms with Gasteiger partial charge in [0.15, 0.2) is 5.82 Å². The van der Waals surface area contributed by atoms with Crippen molar-refractivity contribution in [3.05, 3.63) is 87.9 Å². The third-order valence-electron chi connectivity index (χ3n) is 5.36. The first kappa shape index (κ1) is 19.1. The Hall–Kier alpha value is -3.85. The number of rotatable bonds is 4. The largest absolute Gasteiger partial charge is 0.371 e. The fourth-order valence-electron chi connectivity index (χ4n) is 3.72. The Labute approximate surface area is 176 Å². The van der Waals surface area contributed by atoms with Gasteiger partial charge < -0.3 is 10.1 Å². The van der Waals surface area contributed by atoms with Crippen molar-refractivity contribution in [2.75, 3.05) is 11.9 Å². The van der Waals surface area contributed by atoms with Gasteiger partial charge in [-0.1, -0.05) is 24.3 Å². The van der Waals surface area contributed by atoms with E-state index in [9.17, 15) is 9.18 Å². The summed E-state index contributed by atoms with van der Waals surface area (Å²) in [6.45, 7) is 2.74. The smallest absolute Gasteiger partial charge is 0.272 e. The molecule has 0 bridgehead atoms. The Morgan fingerprint density at radius 2 is 2.00 bits per heavy atom. The minimum atomic E-state index is -0.290. The highest BCUT2D eigenvalue weighted by Crippen LogP contribution is 2.31. The van der Waals surface area contributed by atoms with Crippen LogP contribution in [0.15, 0.2) is 59.5 Å². The van der Waals surface area contributed by atoms with Gasteiger partial charge in [-0.25, -0.2) is 9.49 Å². The van der Waals surface area contributed by atoms with E-state index in [1.54, 1.807) is 24.4 Å². The number of nitrogens with one attached hydrogen (secondary N) is 2. The second-order valence-corrected chi connectivity index (χ2v) is 7.35. The summed E-state index contributed by atoms with van der Waals surface area (Å²) in [5.74, 6) is 0.945. The summed E-state index contributed by atoms with van der Waals surface area (Å²) < 4.78 is 21.1. The zero-order valence-electron chi connectivity index (χ0n) is 16.7. The van der Waals surface area contributed by atoms with E-state index in [1.807, 2.05) is 29.7 Å². The molecular weight excluding hydrogens is 399 g/mol. The predicted octanol–water partition coefficient (Wildman–Crippen LogP) is 3.34. The lowest BCUT2D eigenvalue weighted by molar-refractivity contribution is 0.0670. The number of hydrogen-bond acceptors (Lipinski definition) is 6. The molecule has 0 saturated carbocycles. The Bertz CT molecular complexity index is 1300. The van der Waals surface area contributed by atoms with Gasteiger partial charge >= 0.3 is 0 Å². The number of aromatic amines is 1. The molecule has 0 radical (unpaired) electrons. The van der Waals surface area contributed by atoms with Gasteiger partial charge in [0.2, 0.25) is 5.95 Å². The van der Waals surface area contributed by atoms with Crippen LogP contribution < -0.4 is 10.9 Å². The van der Waals surface area contributed by atoms with Crippen molar-refractivity contribution in [2.24, 2.45) is 0 Å². The number of halogens is 1. The van der Waals surface area contributed by atoms with Crippen LogP contribution in [0, 0.1) is 12.7 Å². The Kier molecular flexibility index (Phi) is 4.79. The lowest BCUT2D eigenvalue weighted by Crippen LogP contribution is -2.25. The van der Waals surface area contributed by atoms with Crippen LogP contribution in [0.3, 0.4) is 0 Å². The third kappa shape index (κ3) is 3.59. The standard InChI is InChI=1S/C22H19FN6O2/c1-13-2-3-15(17-8-9-24-27-21(17)30)10-18(13)25-22-28-26-20-12-31-11-19(29(20)22)14-4-6-16(23)7-5-14/h2-10,19H,11-12H2,1H3,(H,25,28)(H,27,30)/t19-/m0/s1. The molecule has 31 heavy (non-hydrogen) atoms. The molecule has 1 atom stereocenters. The molecular formula is C22H19FN6O2. The minimum Gasteiger partial charge on any atom is -0.371 e. The Morgan fingerprint density at radius 1 is 1.16 bits per heavy atom. The van der Waals surface area contributed by atoms with Crippen molar-refractivity contribution >= 4 is 11.6 Å². The van der Waals surface area contributed by atoms with Crippen molar-refractivity contribution in [3.8, 4) is 11.1 Å². The molecule has 8 nitrogen and oxygen atoms in total. The van der Waals surface area contributed by atoms with Gasteiger partial charge in [-0.2, -0.15) is 5.10 Å². The van der Waals surface area contributed by atoms with Crippen LogP contribution in [-0.4, -0.2) is 31.6 Å². The number of nitrogens with zero attached hydrogens (tertiary/aromatic N) is 4. The lowest BCUT2D eigenvalue weighted by atomic mass is 10.0. The summed E-state index contributed by atoms with van der Waals surface area (Å²) >= 11 is 0. The van der Waals surface area contributed by atoms with Crippen LogP contribution >= 0.6 is 0 Å². The maximum Gasteiger partial charge on any atom is 0.272 e. The lowest BCUT2D eigenvalue weighted by Gasteiger charge is -2.27. The van der Waals surface area contributed by atoms with E-state index >= 15 is 0 Å². The molecule has 3 heterocycles. The second kappa shape index (κ2) is 7.77. The third-order valence-corrected chi connectivity index (χ3v) is 5.36. The van der Waals surface area contributed by atoms with E-state index in [0.717, 1.165) is 22.4 Å². The van der Waals surface area contributed by atoms with E-state index in [4.69, 9.17) is 4.74 Å². The van der Waals surface area contributed by atoms with Gasteiger partial charge in [-0.15, -0.1) is 10.2 Å². The molecule has 156 valence electrons. The number of aryl methyl sites for hydroxylation is 1. The number of ether oxygens (including phenoxy) is 1. The molecule has 4 aromatic rings. The highest BCUT2D eigenvalue weighted by molar-refractivity contribution is 5.71. The maximum absolute atomic E-state index is 13.4. The fourth-order valence-corrected chi connectivity index (χ4v) is 3.72.